The van der Waals surface area contributed by atoms with Gasteiger partial charge < -0.3 is 205 Å². The smallest absolute Gasteiger partial charge is 0.343 e. The van der Waals surface area contributed by atoms with Crippen LogP contribution < -0.4 is 37.9 Å². The Morgan fingerprint density at radius 1 is 0.176 bits per heavy atom. The second-order valence-electron chi connectivity index (χ2n) is 29.1. The average molecular weight is 1980 g/mol. The number of hydrogen-bond donors (Lipinski definition) is 28. The van der Waals surface area contributed by atoms with E-state index in [1.54, 1.807) is 0 Å². The molecule has 0 radical (unpaired) electrons. The molecule has 0 bridgehead atoms. The first-order chi connectivity index (χ1) is 66.8. The summed E-state index contributed by atoms with van der Waals surface area (Å²) in [7, 11) is 0. The quantitative estimate of drug-likeness (QED) is 0.0128. The standard InChI is InChI=1S/C89H58O53/c90-38-1-26(2-39(91)63(38)106)78(119)131-55-18-31(10-47(99)68(55)111)82(123)135-54-17-30(9-46(98)67(54)110)77(118)130-25-62-75(140-86(127)35-14-51(103)72(115)59(22-35)136-83(124)32-11-48(100)69(112)56(19-32)132-79(120)27-3-40(92)64(107)41(93)4-27)76(141-87(128)36-15-52(104)73(116)60(23-36)137-84(125)33-12-49(101)70(113)57(20-33)133-80(121)28-5-42(94)65(108)43(95)6-28)89(139-62)142-88(129)37-16-53(105)74(117)61(24-37)138-85(126)34-13-50(102)71(114)58(21-34)134-81(122)29-7-44(96)66(109)45(97)8-29/h1-24,62,75-76,89-117H,25H2/t62-,75-,76-,89+/m1/s1. The molecule has 0 spiro atoms. The first kappa shape index (κ1) is 98.2. The Balaban J connectivity index is 0.865. The molecule has 28 N–H and O–H groups in total. The highest BCUT2D eigenvalue weighted by molar-refractivity contribution is 6.02. The van der Waals surface area contributed by atoms with Gasteiger partial charge in [-0.1, -0.05) is 0 Å². The largest absolute Gasteiger partial charge is 0.504 e. The topological polar surface area (TPSA) is 891 Å². The number of phenols is 28. The number of phenolic OH excluding ortho intramolecular Hbond substituents is 28. The first-order valence-corrected chi connectivity index (χ1v) is 38.5. The molecule has 12 aromatic rings. The lowest BCUT2D eigenvalue weighted by molar-refractivity contribution is -0.141. The summed E-state index contributed by atoms with van der Waals surface area (Å²) in [6.45, 7) is -1.58. The maximum atomic E-state index is 15.0. The highest BCUT2D eigenvalue weighted by atomic mass is 16.8. The van der Waals surface area contributed by atoms with E-state index in [0.717, 1.165) is 0 Å². The van der Waals surface area contributed by atoms with E-state index in [4.69, 9.17) is 61.6 Å². The molecule has 13 rings (SSSR count). The molecule has 1 heterocycles. The molecule has 4 atom stereocenters. The van der Waals surface area contributed by atoms with E-state index in [9.17, 15) is 191 Å². The second-order valence-corrected chi connectivity index (χ2v) is 29.1. The molecule has 1 aliphatic heterocycles. The molecular weight excluding hydrogens is 1920 g/mol. The van der Waals surface area contributed by atoms with Crippen LogP contribution in [0.2, 0.25) is 0 Å². The summed E-state index contributed by atoms with van der Waals surface area (Å²) in [4.78, 5) is 168. The van der Waals surface area contributed by atoms with E-state index < -0.39 is 377 Å². The number of aromatic hydroxyl groups is 28. The summed E-state index contributed by atoms with van der Waals surface area (Å²) in [5, 5.41) is 293. The van der Waals surface area contributed by atoms with Gasteiger partial charge in [-0.3, -0.25) is 0 Å². The molecule has 0 aliphatic carbocycles. The maximum Gasteiger partial charge on any atom is 0.343 e. The van der Waals surface area contributed by atoms with Crippen molar-refractivity contribution in [1.29, 1.82) is 0 Å². The summed E-state index contributed by atoms with van der Waals surface area (Å²) in [6.07, 6.45) is -11.0. The van der Waals surface area contributed by atoms with Crippen LogP contribution in [0.5, 0.6) is 207 Å². The Morgan fingerprint density at radius 3 is 0.500 bits per heavy atom. The molecule has 1 fully saturated rings. The van der Waals surface area contributed by atoms with Gasteiger partial charge in [0, 0.05) is 0 Å². The fraction of sp³-hybridized carbons (Fsp3) is 0.0562. The van der Waals surface area contributed by atoms with Gasteiger partial charge in [0.05, 0.1) is 66.8 Å². The van der Waals surface area contributed by atoms with Crippen LogP contribution in [0.25, 0.3) is 0 Å². The van der Waals surface area contributed by atoms with E-state index in [2.05, 4.69) is 0 Å². The zero-order chi connectivity index (χ0) is 104. The van der Waals surface area contributed by atoms with Crippen molar-refractivity contribution < 1.29 is 262 Å². The van der Waals surface area contributed by atoms with E-state index in [1.807, 2.05) is 0 Å². The lowest BCUT2D eigenvalue weighted by Crippen LogP contribution is -2.43. The van der Waals surface area contributed by atoms with Gasteiger partial charge in [0.15, 0.2) is 167 Å². The summed E-state index contributed by atoms with van der Waals surface area (Å²) >= 11 is 0. The van der Waals surface area contributed by atoms with Crippen LogP contribution >= 0.6 is 0 Å². The lowest BCUT2D eigenvalue weighted by Gasteiger charge is -2.24. The van der Waals surface area contributed by atoms with Gasteiger partial charge in [-0.25, -0.2) is 57.5 Å². The molecular formula is C89H58O53. The summed E-state index contributed by atoms with van der Waals surface area (Å²) in [6, 6.07) is 11.1. The Labute approximate surface area is 781 Å². The van der Waals surface area contributed by atoms with Gasteiger partial charge in [0.1, 0.15) is 12.7 Å². The van der Waals surface area contributed by atoms with Crippen LogP contribution in [0, 0.1) is 0 Å². The van der Waals surface area contributed by atoms with Crippen molar-refractivity contribution in [3.05, 3.63) is 212 Å². The second kappa shape index (κ2) is 38.7. The minimum absolute atomic E-state index is 0.315. The molecule has 0 unspecified atom stereocenters. The Morgan fingerprint density at radius 2 is 0.317 bits per heavy atom. The molecule has 0 saturated carbocycles. The lowest BCUT2D eigenvalue weighted by atomic mass is 10.1. The van der Waals surface area contributed by atoms with Crippen LogP contribution in [0.3, 0.4) is 0 Å². The SMILES string of the molecule is O=C(OC[C@H]1O[C@@H](OC(=O)c2cc(O)c(O)c(OC(=O)c3cc(O)c(O)c(OC(=O)c4cc(O)c(O)c(O)c4)c3)c2)[C@H](OC(=O)c2cc(O)c(O)c(OC(=O)c3cc(O)c(O)c(OC(=O)c4cc(O)c(O)c(O)c4)c3)c2)[C@@H]1OC(=O)c1cc(O)c(O)c(OC(=O)c2cc(O)c(O)c(OC(=O)c3cc(O)c(O)c(O)c3)c2)c1)c1cc(O)c(O)c(OC(=O)c2cc(O)c(O)c(OC(=O)c3cc(O)c(O)c(O)c3)c2)c1. The number of carbonyl (C=O) groups is 12. The Hall–Kier alpha value is -21.4. The number of hydrogen-bond acceptors (Lipinski definition) is 53. The number of ether oxygens (including phenoxy) is 13. The predicted molar refractivity (Wildman–Crippen MR) is 446 cm³/mol. The van der Waals surface area contributed by atoms with Gasteiger partial charge in [0.2, 0.25) is 58.4 Å². The fourth-order valence-electron chi connectivity index (χ4n) is 12.5. The van der Waals surface area contributed by atoms with Crippen molar-refractivity contribution in [2.75, 3.05) is 6.61 Å². The third-order valence-corrected chi connectivity index (χ3v) is 19.5. The van der Waals surface area contributed by atoms with E-state index >= 15 is 9.59 Å². The van der Waals surface area contributed by atoms with Gasteiger partial charge >= 0.3 is 71.6 Å². The van der Waals surface area contributed by atoms with Crippen LogP contribution in [0.15, 0.2) is 146 Å². The van der Waals surface area contributed by atoms with Gasteiger partial charge in [-0.15, -0.1) is 0 Å². The third-order valence-electron chi connectivity index (χ3n) is 19.5. The number of rotatable bonds is 25. The van der Waals surface area contributed by atoms with Gasteiger partial charge in [0.25, 0.3) is 0 Å². The summed E-state index contributed by atoms with van der Waals surface area (Å²) in [5.41, 5.74) is -11.2. The van der Waals surface area contributed by atoms with E-state index in [1.165, 1.54) is 0 Å². The van der Waals surface area contributed by atoms with Crippen LogP contribution in [0.4, 0.5) is 0 Å². The van der Waals surface area contributed by atoms with Crippen molar-refractivity contribution in [2.24, 2.45) is 0 Å². The molecule has 1 saturated heterocycles. The highest BCUT2D eigenvalue weighted by Gasteiger charge is 2.53. The zero-order valence-electron chi connectivity index (χ0n) is 69.6. The number of esters is 12. The van der Waals surface area contributed by atoms with Gasteiger partial charge in [-0.05, 0) is 146 Å². The predicted octanol–water partition coefficient (Wildman–Crippen LogP) is 6.39. The van der Waals surface area contributed by atoms with Crippen LogP contribution in [0.1, 0.15) is 124 Å². The van der Waals surface area contributed by atoms with Gasteiger partial charge in [-0.2, -0.15) is 0 Å². The number of carbonyl (C=O) groups excluding carboxylic acids is 12. The molecule has 142 heavy (non-hydrogen) atoms. The third kappa shape index (κ3) is 20.4. The normalized spacial score (nSPS) is 13.5. The minimum atomic E-state index is -2.88. The maximum absolute atomic E-state index is 15.0. The van der Waals surface area contributed by atoms with Crippen LogP contribution in [-0.4, -0.2) is 246 Å². The van der Waals surface area contributed by atoms with E-state index in [-0.39, 0.29) is 0 Å². The van der Waals surface area contributed by atoms with Crippen molar-refractivity contribution >= 4 is 71.6 Å². The Bertz CT molecular complexity index is 7300. The van der Waals surface area contributed by atoms with Crippen molar-refractivity contribution in [2.45, 2.75) is 24.6 Å². The van der Waals surface area contributed by atoms with Crippen LogP contribution in [-0.2, 0) is 23.7 Å². The minimum Gasteiger partial charge on any atom is -0.504 e. The molecule has 732 valence electrons. The number of benzene rings is 12. The van der Waals surface area contributed by atoms with E-state index in [0.29, 0.717) is 146 Å². The molecule has 53 nitrogen and oxygen atoms in total. The monoisotopic (exact) mass is 1970 g/mol. The molecule has 53 heteroatoms. The zero-order valence-corrected chi connectivity index (χ0v) is 69.6. The van der Waals surface area contributed by atoms with Crippen molar-refractivity contribution in [3.8, 4) is 207 Å². The summed E-state index contributed by atoms with van der Waals surface area (Å²) < 4.78 is 69.5. The van der Waals surface area contributed by atoms with Crippen molar-refractivity contribution in [3.63, 3.8) is 0 Å². The Kier molecular flexibility index (Phi) is 26.7. The fourth-order valence-corrected chi connectivity index (χ4v) is 12.5. The highest BCUT2D eigenvalue weighted by Crippen LogP contribution is 2.50. The molecule has 12 aromatic carbocycles. The molecule has 1 aliphatic rings. The molecule has 0 amide bonds. The summed E-state index contributed by atoms with van der Waals surface area (Å²) in [5.74, 6) is -65.2. The first-order valence-electron chi connectivity index (χ1n) is 38.5. The molecule has 0 aromatic heterocycles. The average Bonchev–Trinajstić information content (AvgIpc) is 1.60. The van der Waals surface area contributed by atoms with Crippen molar-refractivity contribution in [1.82, 2.24) is 0 Å².